The molecule has 0 atom stereocenters. The number of nitrogens with one attached hydrogen (secondary N) is 1. The number of non-ortho nitro benzene ring substituents is 1. The van der Waals surface area contributed by atoms with Crippen molar-refractivity contribution >= 4 is 34.9 Å². The van der Waals surface area contributed by atoms with Crippen LogP contribution >= 0.6 is 0 Å². The Balaban J connectivity index is 1.69. The molecule has 3 amide bonds. The number of imide groups is 1. The van der Waals surface area contributed by atoms with Crippen LogP contribution in [0.3, 0.4) is 0 Å². The van der Waals surface area contributed by atoms with E-state index in [4.69, 9.17) is 5.73 Å². The van der Waals surface area contributed by atoms with Gasteiger partial charge in [-0.05, 0) is 18.1 Å². The molecule has 2 heterocycles. The molecular weight excluding hydrogens is 496 g/mol. The number of amides is 3. The van der Waals surface area contributed by atoms with E-state index < -0.39 is 40.4 Å². The summed E-state index contributed by atoms with van der Waals surface area (Å²) in [7, 11) is 0. The molecular formula is C25H24N6O7. The predicted octanol–water partition coefficient (Wildman–Crippen LogP) is 1.50. The van der Waals surface area contributed by atoms with E-state index in [1.165, 1.54) is 0 Å². The smallest absolute Gasteiger partial charge is 0.330 e. The lowest BCUT2D eigenvalue weighted by molar-refractivity contribution is -0.384. The summed E-state index contributed by atoms with van der Waals surface area (Å²) < 4.78 is 1.12. The van der Waals surface area contributed by atoms with E-state index in [0.717, 1.165) is 33.2 Å². The van der Waals surface area contributed by atoms with E-state index in [1.54, 1.807) is 30.3 Å². The summed E-state index contributed by atoms with van der Waals surface area (Å²) in [5.41, 5.74) is 4.44. The van der Waals surface area contributed by atoms with E-state index in [9.17, 15) is 34.1 Å². The average molecular weight is 521 g/mol. The molecule has 196 valence electrons. The summed E-state index contributed by atoms with van der Waals surface area (Å²) in [5, 5.41) is 11.1. The zero-order valence-corrected chi connectivity index (χ0v) is 20.4. The number of H-pyrrole nitrogens is 1. The molecule has 0 unspecified atom stereocenters. The van der Waals surface area contributed by atoms with Crippen molar-refractivity contribution in [1.29, 1.82) is 0 Å². The summed E-state index contributed by atoms with van der Waals surface area (Å²) >= 11 is 0. The van der Waals surface area contributed by atoms with Gasteiger partial charge in [-0.15, -0.1) is 0 Å². The van der Waals surface area contributed by atoms with Gasteiger partial charge in [0, 0.05) is 18.7 Å². The van der Waals surface area contributed by atoms with Crippen molar-refractivity contribution in [3.8, 4) is 0 Å². The Labute approximate surface area is 215 Å². The second kappa shape index (κ2) is 10.5. The van der Waals surface area contributed by atoms with Crippen LogP contribution in [0.25, 0.3) is 0 Å². The molecule has 38 heavy (non-hydrogen) atoms. The standard InChI is InChI=1S/C25H24N6O7/c1-2-3-11-28(20-21(26)29(25(36)27-22(20)33)13-15-7-5-4-6-8-15)19(32)14-30-23(34)17-10-9-16(31(37)38)12-18(17)24(30)35/h4-10,12H,2-3,11,13-14,26H2,1H3,(H,27,33,36). The van der Waals surface area contributed by atoms with Crippen molar-refractivity contribution in [2.45, 2.75) is 26.3 Å². The van der Waals surface area contributed by atoms with E-state index in [2.05, 4.69) is 4.98 Å². The van der Waals surface area contributed by atoms with Gasteiger partial charge in [0.25, 0.3) is 23.1 Å². The number of nitrogens with two attached hydrogens (primary N) is 1. The van der Waals surface area contributed by atoms with Crippen LogP contribution in [0.2, 0.25) is 0 Å². The fourth-order valence-electron chi connectivity index (χ4n) is 4.20. The second-order valence-electron chi connectivity index (χ2n) is 8.65. The number of carbonyl (C=O) groups is 3. The van der Waals surface area contributed by atoms with Crippen LogP contribution in [-0.2, 0) is 11.3 Å². The van der Waals surface area contributed by atoms with Crippen LogP contribution in [-0.4, -0.2) is 50.2 Å². The maximum atomic E-state index is 13.5. The van der Waals surface area contributed by atoms with Gasteiger partial charge in [0.2, 0.25) is 5.91 Å². The van der Waals surface area contributed by atoms with Gasteiger partial charge in [0.05, 0.1) is 22.6 Å². The summed E-state index contributed by atoms with van der Waals surface area (Å²) in [4.78, 5) is 79.0. The molecule has 1 aliphatic rings. The number of nitro benzene ring substituents is 1. The van der Waals surface area contributed by atoms with Crippen LogP contribution in [0.5, 0.6) is 0 Å². The Bertz CT molecular complexity index is 1560. The van der Waals surface area contributed by atoms with Gasteiger partial charge in [-0.3, -0.25) is 43.7 Å². The van der Waals surface area contributed by atoms with Crippen molar-refractivity contribution in [3.63, 3.8) is 0 Å². The molecule has 0 aliphatic carbocycles. The van der Waals surface area contributed by atoms with Crippen molar-refractivity contribution < 1.29 is 19.3 Å². The third kappa shape index (κ3) is 4.81. The first-order chi connectivity index (χ1) is 18.1. The zero-order valence-electron chi connectivity index (χ0n) is 20.4. The number of rotatable bonds is 9. The maximum Gasteiger partial charge on any atom is 0.330 e. The molecule has 13 nitrogen and oxygen atoms in total. The molecule has 3 N–H and O–H groups in total. The number of nitro groups is 1. The highest BCUT2D eigenvalue weighted by molar-refractivity contribution is 6.23. The van der Waals surface area contributed by atoms with Gasteiger partial charge in [-0.25, -0.2) is 4.79 Å². The van der Waals surface area contributed by atoms with Gasteiger partial charge in [-0.1, -0.05) is 43.7 Å². The van der Waals surface area contributed by atoms with Crippen molar-refractivity contribution in [3.05, 3.63) is 96.2 Å². The van der Waals surface area contributed by atoms with Gasteiger partial charge < -0.3 is 10.6 Å². The number of nitrogens with zero attached hydrogens (tertiary/aromatic N) is 4. The van der Waals surface area contributed by atoms with Gasteiger partial charge in [0.15, 0.2) is 5.69 Å². The minimum atomic E-state index is -0.890. The number of carbonyl (C=O) groups excluding carboxylic acids is 3. The maximum absolute atomic E-state index is 13.5. The molecule has 0 spiro atoms. The Morgan fingerprint density at radius 3 is 2.39 bits per heavy atom. The molecule has 0 fully saturated rings. The molecule has 0 radical (unpaired) electrons. The highest BCUT2D eigenvalue weighted by Crippen LogP contribution is 2.27. The highest BCUT2D eigenvalue weighted by atomic mass is 16.6. The number of hydrogen-bond donors (Lipinski definition) is 2. The Morgan fingerprint density at radius 2 is 1.74 bits per heavy atom. The lowest BCUT2D eigenvalue weighted by atomic mass is 10.1. The van der Waals surface area contributed by atoms with Crippen LogP contribution in [0.1, 0.15) is 46.0 Å². The lowest BCUT2D eigenvalue weighted by Gasteiger charge is -2.26. The minimum Gasteiger partial charge on any atom is -0.383 e. The summed E-state index contributed by atoms with van der Waals surface area (Å²) in [6, 6.07) is 12.1. The lowest BCUT2D eigenvalue weighted by Crippen LogP contribution is -2.46. The van der Waals surface area contributed by atoms with Crippen molar-refractivity contribution in [1.82, 2.24) is 14.5 Å². The fraction of sp³-hybridized carbons (Fsp3) is 0.240. The van der Waals surface area contributed by atoms with Crippen LogP contribution < -0.4 is 21.9 Å². The quantitative estimate of drug-likeness (QED) is 0.242. The third-order valence-electron chi connectivity index (χ3n) is 6.16. The Morgan fingerprint density at radius 1 is 1.05 bits per heavy atom. The molecule has 0 saturated heterocycles. The van der Waals surface area contributed by atoms with Crippen molar-refractivity contribution in [2.24, 2.45) is 0 Å². The van der Waals surface area contributed by atoms with E-state index >= 15 is 0 Å². The highest BCUT2D eigenvalue weighted by Gasteiger charge is 2.39. The first kappa shape index (κ1) is 26.0. The van der Waals surface area contributed by atoms with Crippen molar-refractivity contribution in [2.75, 3.05) is 23.7 Å². The topological polar surface area (TPSA) is 182 Å². The molecule has 1 aliphatic heterocycles. The average Bonchev–Trinajstić information content (AvgIpc) is 3.13. The van der Waals surface area contributed by atoms with Gasteiger partial charge in [-0.2, -0.15) is 0 Å². The molecule has 3 aromatic rings. The fourth-order valence-corrected chi connectivity index (χ4v) is 4.20. The number of benzene rings is 2. The van der Waals surface area contributed by atoms with E-state index in [0.29, 0.717) is 17.7 Å². The number of unbranched alkanes of at least 4 members (excludes halogenated alkanes) is 1. The number of hydrogen-bond acceptors (Lipinski definition) is 8. The van der Waals surface area contributed by atoms with Crippen LogP contribution in [0.4, 0.5) is 17.2 Å². The molecule has 2 aromatic carbocycles. The normalized spacial score (nSPS) is 12.5. The second-order valence-corrected chi connectivity index (χ2v) is 8.65. The number of aromatic amines is 1. The van der Waals surface area contributed by atoms with Gasteiger partial charge >= 0.3 is 5.69 Å². The Hall–Kier alpha value is -5.07. The summed E-state index contributed by atoms with van der Waals surface area (Å²) in [6.07, 6.45) is 1.10. The zero-order chi connectivity index (χ0) is 27.6. The predicted molar refractivity (Wildman–Crippen MR) is 137 cm³/mol. The van der Waals surface area contributed by atoms with E-state index in [-0.39, 0.29) is 41.4 Å². The number of nitrogen functional groups attached to an aromatic ring is 1. The third-order valence-corrected chi connectivity index (χ3v) is 6.16. The van der Waals surface area contributed by atoms with E-state index in [1.807, 2.05) is 6.92 Å². The Kier molecular flexibility index (Phi) is 7.19. The first-order valence-corrected chi connectivity index (χ1v) is 11.8. The number of fused-ring (bicyclic) bond motifs is 1. The number of aromatic nitrogens is 2. The molecule has 0 bridgehead atoms. The number of anilines is 2. The summed E-state index contributed by atoms with van der Waals surface area (Å²) in [6.45, 7) is 1.19. The SMILES string of the molecule is CCCCN(C(=O)CN1C(=O)c2ccc([N+](=O)[O-])cc2C1=O)c1c(N)n(Cc2ccccc2)c(=O)[nH]c1=O. The first-order valence-electron chi connectivity index (χ1n) is 11.8. The monoisotopic (exact) mass is 520 g/mol. The molecule has 13 heteroatoms. The van der Waals surface area contributed by atoms with Crippen LogP contribution in [0.15, 0.2) is 58.1 Å². The van der Waals surface area contributed by atoms with Gasteiger partial charge in [0.1, 0.15) is 12.4 Å². The molecule has 0 saturated carbocycles. The summed E-state index contributed by atoms with van der Waals surface area (Å²) in [5.74, 6) is -2.69. The minimum absolute atomic E-state index is 0.0286. The van der Waals surface area contributed by atoms with Crippen LogP contribution in [0, 0.1) is 10.1 Å². The largest absolute Gasteiger partial charge is 0.383 e. The molecule has 1 aromatic heterocycles. The molecule has 4 rings (SSSR count).